The van der Waals surface area contributed by atoms with Crippen molar-refractivity contribution in [2.45, 2.75) is 84.0 Å². The number of methoxy groups -OCH3 is 4. The van der Waals surface area contributed by atoms with E-state index in [1.165, 1.54) is 34.5 Å². The summed E-state index contributed by atoms with van der Waals surface area (Å²) in [5.41, 5.74) is 0.983. The van der Waals surface area contributed by atoms with Crippen LogP contribution in [0.15, 0.2) is 60.7 Å². The molecule has 0 spiro atoms. The third kappa shape index (κ3) is 12.5. The number of aliphatic hydroxyl groups is 1. The van der Waals surface area contributed by atoms with Crippen LogP contribution in [0.1, 0.15) is 51.3 Å². The van der Waals surface area contributed by atoms with Gasteiger partial charge in [0.15, 0.2) is 11.5 Å². The van der Waals surface area contributed by atoms with Crippen LogP contribution < -0.4 is 40.2 Å². The monoisotopic (exact) mass is 738 g/mol. The summed E-state index contributed by atoms with van der Waals surface area (Å²) in [6.45, 7) is 8.68. The normalized spacial score (nSPS) is 13.6. The van der Waals surface area contributed by atoms with E-state index in [-0.39, 0.29) is 31.2 Å². The zero-order valence-corrected chi connectivity index (χ0v) is 31.9. The Labute approximate surface area is 311 Å². The molecule has 14 heteroatoms. The average molecular weight is 739 g/mol. The Balaban J connectivity index is 1.97. The van der Waals surface area contributed by atoms with Crippen LogP contribution >= 0.6 is 0 Å². The molecule has 14 nitrogen and oxygen atoms in total. The van der Waals surface area contributed by atoms with E-state index in [9.17, 15) is 24.6 Å². The first-order valence-electron chi connectivity index (χ1n) is 17.3. The quantitative estimate of drug-likeness (QED) is 0.111. The van der Waals surface area contributed by atoms with E-state index in [1.54, 1.807) is 58.9 Å². The number of rotatable bonds is 18. The molecule has 3 rings (SSSR count). The van der Waals surface area contributed by atoms with Gasteiger partial charge in [-0.2, -0.15) is 0 Å². The third-order valence-corrected chi connectivity index (χ3v) is 8.33. The van der Waals surface area contributed by atoms with Crippen LogP contribution in [-0.4, -0.2) is 86.4 Å². The summed E-state index contributed by atoms with van der Waals surface area (Å²) in [7, 11) is 5.96. The second-order valence-corrected chi connectivity index (χ2v) is 13.8. The summed E-state index contributed by atoms with van der Waals surface area (Å²) in [6, 6.07) is 13.8. The Morgan fingerprint density at radius 2 is 1.38 bits per heavy atom. The van der Waals surface area contributed by atoms with Crippen LogP contribution in [0.5, 0.6) is 28.7 Å². The third-order valence-electron chi connectivity index (χ3n) is 8.33. The zero-order valence-electron chi connectivity index (χ0n) is 31.9. The van der Waals surface area contributed by atoms with Gasteiger partial charge < -0.3 is 49.8 Å². The van der Waals surface area contributed by atoms with Gasteiger partial charge in [0.25, 0.3) is 0 Å². The first-order chi connectivity index (χ1) is 25.1. The topological polar surface area (TPSA) is 186 Å². The van der Waals surface area contributed by atoms with Crippen LogP contribution in [-0.2, 0) is 33.8 Å². The van der Waals surface area contributed by atoms with Gasteiger partial charge in [0, 0.05) is 36.3 Å². The molecule has 53 heavy (non-hydrogen) atoms. The van der Waals surface area contributed by atoms with Crippen molar-refractivity contribution >= 4 is 17.9 Å². The van der Waals surface area contributed by atoms with Crippen molar-refractivity contribution in [2.75, 3.05) is 28.4 Å². The minimum atomic E-state index is -1.54. The van der Waals surface area contributed by atoms with Gasteiger partial charge in [0.05, 0.1) is 40.6 Å². The number of hydrogen-bond acceptors (Lipinski definition) is 11. The highest BCUT2D eigenvalue weighted by Gasteiger charge is 2.37. The van der Waals surface area contributed by atoms with Crippen molar-refractivity contribution < 1.29 is 48.3 Å². The minimum absolute atomic E-state index is 0.00153. The number of benzene rings is 3. The highest BCUT2D eigenvalue weighted by molar-refractivity contribution is 5.90. The molecule has 0 radical (unpaired) electrons. The molecule has 0 saturated carbocycles. The lowest BCUT2D eigenvalue weighted by atomic mass is 9.94. The van der Waals surface area contributed by atoms with Crippen molar-refractivity contribution in [3.63, 3.8) is 0 Å². The van der Waals surface area contributed by atoms with Crippen molar-refractivity contribution in [1.29, 1.82) is 0 Å². The molecule has 3 aromatic rings. The zero-order chi connectivity index (χ0) is 39.3. The maximum absolute atomic E-state index is 14.3. The highest BCUT2D eigenvalue weighted by Crippen LogP contribution is 2.34. The summed E-state index contributed by atoms with van der Waals surface area (Å²) >= 11 is 0. The molecule has 0 unspecified atom stereocenters. The minimum Gasteiger partial charge on any atom is -0.507 e. The molecular formula is C39H54N4O10. The standard InChI is InChI=1S/C39H54N4O10/c1-23(2)33(36(46)41-21-25-15-16-27(49-6)19-29(25)44)43-37(47)34(40-22-26-18-31(51-8)32(52-9)20-30(26)50-7)35(45)28(17-24-13-11-10-12-14-24)42-38(48)53-39(3,4)5/h10-16,18-20,23,28,33-35,40,44-45H,17,21-22H2,1-9H3,(H,41,46)(H,42,48)(H,43,47)/t28-,33-,34+,35+/m0/s1. The van der Waals surface area contributed by atoms with Crippen molar-refractivity contribution in [2.24, 2.45) is 5.92 Å². The second kappa shape index (κ2) is 19.6. The number of nitrogens with one attached hydrogen (secondary N) is 4. The van der Waals surface area contributed by atoms with E-state index >= 15 is 0 Å². The van der Waals surface area contributed by atoms with E-state index < -0.39 is 47.7 Å². The molecule has 0 aliphatic carbocycles. The summed E-state index contributed by atoms with van der Waals surface area (Å²) in [6.07, 6.45) is -2.17. The number of aromatic hydroxyl groups is 1. The average Bonchev–Trinajstić information content (AvgIpc) is 3.11. The Kier molecular flexibility index (Phi) is 15.6. The van der Waals surface area contributed by atoms with Gasteiger partial charge in [-0.05, 0) is 56.9 Å². The SMILES string of the molecule is COc1ccc(CNC(=O)[C@@H](NC(=O)[C@H](NCc2cc(OC)c(OC)cc2OC)[C@H](O)[C@H](Cc2ccccc2)NC(=O)OC(C)(C)C)C(C)C)c(O)c1. The van der Waals surface area contributed by atoms with E-state index in [4.69, 9.17) is 23.7 Å². The molecular weight excluding hydrogens is 684 g/mol. The number of carbonyl (C=O) groups excluding carboxylic acids is 3. The molecule has 290 valence electrons. The molecule has 3 amide bonds. The van der Waals surface area contributed by atoms with E-state index in [1.807, 2.05) is 30.3 Å². The first-order valence-corrected chi connectivity index (χ1v) is 17.3. The summed E-state index contributed by atoms with van der Waals surface area (Å²) < 4.78 is 27.1. The number of phenols is 1. The van der Waals surface area contributed by atoms with E-state index in [2.05, 4.69) is 21.3 Å². The Morgan fingerprint density at radius 1 is 0.736 bits per heavy atom. The van der Waals surface area contributed by atoms with Gasteiger partial charge in [0.2, 0.25) is 11.8 Å². The lowest BCUT2D eigenvalue weighted by Gasteiger charge is -2.33. The predicted molar refractivity (Wildman–Crippen MR) is 199 cm³/mol. The van der Waals surface area contributed by atoms with Crippen LogP contribution in [0.3, 0.4) is 0 Å². The van der Waals surface area contributed by atoms with Crippen molar-refractivity contribution in [1.82, 2.24) is 21.3 Å². The largest absolute Gasteiger partial charge is 0.507 e. The maximum Gasteiger partial charge on any atom is 0.407 e. The first kappa shape index (κ1) is 42.2. The molecule has 0 saturated heterocycles. The van der Waals surface area contributed by atoms with Crippen molar-refractivity contribution in [3.8, 4) is 28.7 Å². The van der Waals surface area contributed by atoms with Gasteiger partial charge in [-0.1, -0.05) is 44.2 Å². The fourth-order valence-corrected chi connectivity index (χ4v) is 5.53. The van der Waals surface area contributed by atoms with Crippen molar-refractivity contribution in [3.05, 3.63) is 77.4 Å². The number of amides is 3. The Hall–Kier alpha value is -5.21. The molecule has 0 heterocycles. The Morgan fingerprint density at radius 3 is 1.94 bits per heavy atom. The van der Waals surface area contributed by atoms with Crippen LogP contribution in [0.25, 0.3) is 0 Å². The number of hydrogen-bond donors (Lipinski definition) is 6. The molecule has 4 atom stereocenters. The molecule has 0 aromatic heterocycles. The molecule has 0 fully saturated rings. The molecule has 3 aromatic carbocycles. The second-order valence-electron chi connectivity index (χ2n) is 13.8. The lowest BCUT2D eigenvalue weighted by molar-refractivity contribution is -0.133. The number of alkyl carbamates (subject to hydrolysis) is 1. The fraction of sp³-hybridized carbons (Fsp3) is 0.462. The number of phenolic OH excluding ortho intramolecular Hbond substituents is 1. The summed E-state index contributed by atoms with van der Waals surface area (Å²) in [5, 5.41) is 33.9. The van der Waals surface area contributed by atoms with Gasteiger partial charge in [0.1, 0.15) is 34.9 Å². The molecule has 0 bridgehead atoms. The van der Waals surface area contributed by atoms with Gasteiger partial charge in [-0.25, -0.2) is 4.79 Å². The smallest absolute Gasteiger partial charge is 0.407 e. The predicted octanol–water partition coefficient (Wildman–Crippen LogP) is 3.84. The Bertz CT molecular complexity index is 1660. The number of ether oxygens (including phenoxy) is 5. The molecule has 6 N–H and O–H groups in total. The number of carbonyl (C=O) groups is 3. The van der Waals surface area contributed by atoms with E-state index in [0.717, 1.165) is 5.56 Å². The molecule has 0 aliphatic heterocycles. The molecule has 0 aliphatic rings. The van der Waals surface area contributed by atoms with Gasteiger partial charge in [-0.15, -0.1) is 0 Å². The van der Waals surface area contributed by atoms with Crippen LogP contribution in [0, 0.1) is 5.92 Å². The lowest BCUT2D eigenvalue weighted by Crippen LogP contribution is -2.62. The van der Waals surface area contributed by atoms with Gasteiger partial charge in [-0.3, -0.25) is 14.9 Å². The summed E-state index contributed by atoms with van der Waals surface area (Å²) in [5.74, 6) is 0.0764. The summed E-state index contributed by atoms with van der Waals surface area (Å²) in [4.78, 5) is 40.9. The number of aliphatic hydroxyl groups excluding tert-OH is 1. The van der Waals surface area contributed by atoms with Crippen LogP contribution in [0.2, 0.25) is 0 Å². The van der Waals surface area contributed by atoms with E-state index in [0.29, 0.717) is 34.1 Å². The van der Waals surface area contributed by atoms with Crippen LogP contribution in [0.4, 0.5) is 4.79 Å². The fourth-order valence-electron chi connectivity index (χ4n) is 5.53. The van der Waals surface area contributed by atoms with Gasteiger partial charge >= 0.3 is 6.09 Å². The maximum atomic E-state index is 14.3. The highest BCUT2D eigenvalue weighted by atomic mass is 16.6.